The zero-order chi connectivity index (χ0) is 10.6. The van der Waals surface area contributed by atoms with Crippen LogP contribution in [0.1, 0.15) is 39.0 Å². The molecule has 3 N–H and O–H groups in total. The van der Waals surface area contributed by atoms with Gasteiger partial charge in [-0.25, -0.2) is 0 Å². The summed E-state index contributed by atoms with van der Waals surface area (Å²) in [6.07, 6.45) is 4.46. The minimum Gasteiger partial charge on any atom is -0.370 e. The fraction of sp³-hybridized carbons (Fsp3) is 0.800. The van der Waals surface area contributed by atoms with Crippen LogP contribution in [0.2, 0.25) is 0 Å². The maximum atomic E-state index is 10.8. The number of nitrogens with one attached hydrogen (secondary N) is 1. The highest BCUT2D eigenvalue weighted by molar-refractivity contribution is 5.74. The lowest BCUT2D eigenvalue weighted by Gasteiger charge is -2.11. The lowest BCUT2D eigenvalue weighted by molar-refractivity contribution is -0.120. The third kappa shape index (κ3) is 3.77. The first-order valence-corrected chi connectivity index (χ1v) is 5.13. The van der Waals surface area contributed by atoms with Crippen molar-refractivity contribution >= 4 is 11.8 Å². The monoisotopic (exact) mass is 198 g/mol. The molecule has 0 heterocycles. The van der Waals surface area contributed by atoms with Crippen molar-refractivity contribution in [3.8, 4) is 0 Å². The van der Waals surface area contributed by atoms with Gasteiger partial charge < -0.3 is 11.1 Å². The Morgan fingerprint density at radius 3 is 2.71 bits per heavy atom. The number of rotatable bonds is 4. The molecular formula is C10H18N2O2. The van der Waals surface area contributed by atoms with Crippen molar-refractivity contribution in [2.45, 2.75) is 45.1 Å². The summed E-state index contributed by atoms with van der Waals surface area (Å²) < 4.78 is 0. The second-order valence-electron chi connectivity index (χ2n) is 4.08. The second-order valence-corrected chi connectivity index (χ2v) is 4.08. The van der Waals surface area contributed by atoms with Crippen LogP contribution in [0.5, 0.6) is 0 Å². The molecule has 14 heavy (non-hydrogen) atoms. The van der Waals surface area contributed by atoms with Gasteiger partial charge in [0.05, 0.1) is 0 Å². The van der Waals surface area contributed by atoms with Crippen molar-refractivity contribution in [2.24, 2.45) is 11.7 Å². The van der Waals surface area contributed by atoms with Gasteiger partial charge in [0.15, 0.2) is 0 Å². The van der Waals surface area contributed by atoms with E-state index in [1.807, 2.05) is 0 Å². The largest absolute Gasteiger partial charge is 0.370 e. The van der Waals surface area contributed by atoms with E-state index in [9.17, 15) is 9.59 Å². The van der Waals surface area contributed by atoms with Gasteiger partial charge in [0.2, 0.25) is 11.8 Å². The minimum atomic E-state index is -0.229. The number of primary amides is 1. The number of amides is 2. The zero-order valence-electron chi connectivity index (χ0n) is 8.58. The quantitative estimate of drug-likeness (QED) is 0.692. The number of hydrogen-bond acceptors (Lipinski definition) is 2. The van der Waals surface area contributed by atoms with Crippen molar-refractivity contribution < 1.29 is 9.59 Å². The van der Waals surface area contributed by atoms with Crippen molar-refractivity contribution in [3.63, 3.8) is 0 Å². The van der Waals surface area contributed by atoms with Crippen LogP contribution in [0.3, 0.4) is 0 Å². The van der Waals surface area contributed by atoms with E-state index in [-0.39, 0.29) is 11.8 Å². The summed E-state index contributed by atoms with van der Waals surface area (Å²) in [5, 5.41) is 2.90. The average Bonchev–Trinajstić information content (AvgIpc) is 2.47. The third-order valence-electron chi connectivity index (χ3n) is 2.75. The van der Waals surface area contributed by atoms with Crippen LogP contribution in [-0.2, 0) is 9.59 Å². The van der Waals surface area contributed by atoms with E-state index in [0.717, 1.165) is 25.7 Å². The molecule has 1 aliphatic carbocycles. The van der Waals surface area contributed by atoms with Crippen LogP contribution < -0.4 is 11.1 Å². The predicted molar refractivity (Wildman–Crippen MR) is 53.4 cm³/mol. The van der Waals surface area contributed by atoms with Gasteiger partial charge in [-0.3, -0.25) is 9.59 Å². The maximum Gasteiger partial charge on any atom is 0.217 e. The van der Waals surface area contributed by atoms with E-state index in [1.54, 1.807) is 0 Å². The van der Waals surface area contributed by atoms with Crippen molar-refractivity contribution in [3.05, 3.63) is 0 Å². The number of nitrogens with two attached hydrogens (primary N) is 1. The molecule has 1 saturated carbocycles. The van der Waals surface area contributed by atoms with Crippen LogP contribution in [-0.4, -0.2) is 17.9 Å². The van der Waals surface area contributed by atoms with Crippen molar-refractivity contribution in [1.82, 2.24) is 5.32 Å². The molecule has 1 rings (SSSR count). The smallest absolute Gasteiger partial charge is 0.217 e. The SMILES string of the molecule is CC(=O)NC1CCC(CCC(N)=O)C1. The Morgan fingerprint density at radius 1 is 1.43 bits per heavy atom. The highest BCUT2D eigenvalue weighted by Crippen LogP contribution is 2.28. The summed E-state index contributed by atoms with van der Waals surface area (Å²) in [6, 6.07) is 0.311. The van der Waals surface area contributed by atoms with Crippen molar-refractivity contribution in [1.29, 1.82) is 0 Å². The van der Waals surface area contributed by atoms with E-state index in [0.29, 0.717) is 18.4 Å². The first kappa shape index (κ1) is 11.0. The number of hydrogen-bond donors (Lipinski definition) is 2. The van der Waals surface area contributed by atoms with E-state index in [2.05, 4.69) is 5.32 Å². The molecule has 0 saturated heterocycles. The molecule has 0 bridgehead atoms. The molecule has 0 aliphatic heterocycles. The molecule has 2 atom stereocenters. The van der Waals surface area contributed by atoms with Crippen LogP contribution in [0.4, 0.5) is 0 Å². The second kappa shape index (κ2) is 4.98. The van der Waals surface area contributed by atoms with Gasteiger partial charge in [-0.15, -0.1) is 0 Å². The molecule has 80 valence electrons. The molecule has 4 nitrogen and oxygen atoms in total. The molecule has 0 aromatic rings. The molecule has 4 heteroatoms. The van der Waals surface area contributed by atoms with E-state index in [4.69, 9.17) is 5.73 Å². The van der Waals surface area contributed by atoms with Gasteiger partial charge in [0.25, 0.3) is 0 Å². The Balaban J connectivity index is 2.20. The Bertz CT molecular complexity index is 228. The average molecular weight is 198 g/mol. The normalized spacial score (nSPS) is 26.1. The summed E-state index contributed by atoms with van der Waals surface area (Å²) >= 11 is 0. The highest BCUT2D eigenvalue weighted by atomic mass is 16.1. The van der Waals surface area contributed by atoms with Crippen LogP contribution in [0.15, 0.2) is 0 Å². The van der Waals surface area contributed by atoms with Gasteiger partial charge in [0, 0.05) is 19.4 Å². The summed E-state index contributed by atoms with van der Waals surface area (Å²) in [5.74, 6) is 0.359. The van der Waals surface area contributed by atoms with Gasteiger partial charge in [-0.05, 0) is 31.6 Å². The van der Waals surface area contributed by atoms with Gasteiger partial charge in [-0.1, -0.05) is 0 Å². The Labute approximate surface area is 84.2 Å². The summed E-state index contributed by atoms with van der Waals surface area (Å²) in [4.78, 5) is 21.4. The van der Waals surface area contributed by atoms with Gasteiger partial charge in [0.1, 0.15) is 0 Å². The lowest BCUT2D eigenvalue weighted by atomic mass is 10.0. The molecule has 1 fully saturated rings. The Hall–Kier alpha value is -1.06. The summed E-state index contributed by atoms with van der Waals surface area (Å²) in [6.45, 7) is 1.54. The van der Waals surface area contributed by atoms with Crippen LogP contribution in [0.25, 0.3) is 0 Å². The molecule has 1 aliphatic rings. The molecule has 0 spiro atoms. The van der Waals surface area contributed by atoms with Crippen molar-refractivity contribution in [2.75, 3.05) is 0 Å². The zero-order valence-corrected chi connectivity index (χ0v) is 8.58. The predicted octanol–water partition coefficient (Wildman–Crippen LogP) is 0.557. The topological polar surface area (TPSA) is 72.2 Å². The van der Waals surface area contributed by atoms with Crippen LogP contribution >= 0.6 is 0 Å². The molecule has 2 unspecified atom stereocenters. The standard InChI is InChI=1S/C10H18N2O2/c1-7(13)12-9-4-2-8(6-9)3-5-10(11)14/h8-9H,2-6H2,1H3,(H2,11,14)(H,12,13). The first-order valence-electron chi connectivity index (χ1n) is 5.13. The van der Waals surface area contributed by atoms with E-state index < -0.39 is 0 Å². The lowest BCUT2D eigenvalue weighted by Crippen LogP contribution is -2.30. The fourth-order valence-electron chi connectivity index (χ4n) is 2.10. The molecule has 0 aromatic heterocycles. The third-order valence-corrected chi connectivity index (χ3v) is 2.75. The molecular weight excluding hydrogens is 180 g/mol. The first-order chi connectivity index (χ1) is 6.58. The molecule has 2 amide bonds. The fourth-order valence-corrected chi connectivity index (χ4v) is 2.10. The van der Waals surface area contributed by atoms with E-state index >= 15 is 0 Å². The minimum absolute atomic E-state index is 0.0329. The van der Waals surface area contributed by atoms with Crippen LogP contribution in [0, 0.1) is 5.92 Å². The Kier molecular flexibility index (Phi) is 3.92. The highest BCUT2D eigenvalue weighted by Gasteiger charge is 2.24. The molecule has 0 radical (unpaired) electrons. The Morgan fingerprint density at radius 2 is 2.14 bits per heavy atom. The molecule has 0 aromatic carbocycles. The van der Waals surface area contributed by atoms with Gasteiger partial charge >= 0.3 is 0 Å². The van der Waals surface area contributed by atoms with E-state index in [1.165, 1.54) is 6.92 Å². The number of carbonyl (C=O) groups excluding carboxylic acids is 2. The summed E-state index contributed by atoms with van der Waals surface area (Å²) in [5.41, 5.74) is 5.08. The summed E-state index contributed by atoms with van der Waals surface area (Å²) in [7, 11) is 0. The maximum absolute atomic E-state index is 10.8. The van der Waals surface area contributed by atoms with Gasteiger partial charge in [-0.2, -0.15) is 0 Å². The number of carbonyl (C=O) groups is 2.